The highest BCUT2D eigenvalue weighted by molar-refractivity contribution is 5.35. The standard InChI is InChI=1S/C18H21FO/c1-3-7-14(2)12-15-10-11-17(19)18(13-15)20-16-8-5-4-6-9-16/h4-6,8-11,13-14H,3,7,12H2,1-2H3. The van der Waals surface area contributed by atoms with E-state index in [1.54, 1.807) is 0 Å². The smallest absolute Gasteiger partial charge is 0.165 e. The second-order valence-corrected chi connectivity index (χ2v) is 5.28. The zero-order valence-electron chi connectivity index (χ0n) is 12.1. The van der Waals surface area contributed by atoms with E-state index in [-0.39, 0.29) is 5.82 Å². The molecular formula is C18H21FO. The summed E-state index contributed by atoms with van der Waals surface area (Å²) in [4.78, 5) is 0. The second-order valence-electron chi connectivity index (χ2n) is 5.28. The fourth-order valence-corrected chi connectivity index (χ4v) is 2.37. The molecule has 0 N–H and O–H groups in total. The molecule has 0 amide bonds. The van der Waals surface area contributed by atoms with Crippen LogP contribution in [0.1, 0.15) is 32.3 Å². The van der Waals surface area contributed by atoms with Crippen LogP contribution < -0.4 is 4.74 Å². The third-order valence-electron chi connectivity index (χ3n) is 3.33. The summed E-state index contributed by atoms with van der Waals surface area (Å²) in [6.45, 7) is 4.41. The van der Waals surface area contributed by atoms with Crippen molar-refractivity contribution in [3.63, 3.8) is 0 Å². The third-order valence-corrected chi connectivity index (χ3v) is 3.33. The molecular weight excluding hydrogens is 251 g/mol. The SMILES string of the molecule is CCCC(C)Cc1ccc(F)c(Oc2ccccc2)c1. The summed E-state index contributed by atoms with van der Waals surface area (Å²) in [5, 5.41) is 0. The molecule has 2 aromatic carbocycles. The van der Waals surface area contributed by atoms with Gasteiger partial charge < -0.3 is 4.74 Å². The van der Waals surface area contributed by atoms with Gasteiger partial charge in [0.2, 0.25) is 0 Å². The topological polar surface area (TPSA) is 9.23 Å². The maximum atomic E-state index is 13.8. The summed E-state index contributed by atoms with van der Waals surface area (Å²) >= 11 is 0. The molecule has 2 rings (SSSR count). The van der Waals surface area contributed by atoms with Gasteiger partial charge in [0.05, 0.1) is 0 Å². The molecule has 0 aliphatic rings. The fraction of sp³-hybridized carbons (Fsp3) is 0.333. The first-order valence-electron chi connectivity index (χ1n) is 7.20. The van der Waals surface area contributed by atoms with Gasteiger partial charge in [-0.05, 0) is 42.2 Å². The van der Waals surface area contributed by atoms with Gasteiger partial charge in [0.1, 0.15) is 5.75 Å². The van der Waals surface area contributed by atoms with E-state index in [0.717, 1.165) is 12.0 Å². The summed E-state index contributed by atoms with van der Waals surface area (Å²) in [5.74, 6) is 1.25. The second kappa shape index (κ2) is 7.09. The maximum Gasteiger partial charge on any atom is 0.165 e. The molecule has 0 saturated carbocycles. The van der Waals surface area contributed by atoms with E-state index in [4.69, 9.17) is 4.74 Å². The van der Waals surface area contributed by atoms with E-state index in [0.29, 0.717) is 17.4 Å². The first kappa shape index (κ1) is 14.6. The summed E-state index contributed by atoms with van der Waals surface area (Å²) in [6.07, 6.45) is 3.32. The molecule has 0 spiro atoms. The summed E-state index contributed by atoms with van der Waals surface area (Å²) in [5.41, 5.74) is 1.12. The monoisotopic (exact) mass is 272 g/mol. The molecule has 20 heavy (non-hydrogen) atoms. The molecule has 2 heteroatoms. The summed E-state index contributed by atoms with van der Waals surface area (Å²) < 4.78 is 19.4. The lowest BCUT2D eigenvalue weighted by Crippen LogP contribution is -2.00. The Bertz CT molecular complexity index is 536. The average Bonchev–Trinajstić information content (AvgIpc) is 2.44. The number of hydrogen-bond donors (Lipinski definition) is 0. The molecule has 2 aromatic rings. The van der Waals surface area contributed by atoms with Gasteiger partial charge in [-0.25, -0.2) is 4.39 Å². The van der Waals surface area contributed by atoms with Crippen molar-refractivity contribution in [1.29, 1.82) is 0 Å². The Kier molecular flexibility index (Phi) is 5.16. The maximum absolute atomic E-state index is 13.8. The lowest BCUT2D eigenvalue weighted by Gasteiger charge is -2.12. The van der Waals surface area contributed by atoms with E-state index in [1.165, 1.54) is 18.9 Å². The van der Waals surface area contributed by atoms with E-state index in [2.05, 4.69) is 13.8 Å². The van der Waals surface area contributed by atoms with Gasteiger partial charge in [-0.3, -0.25) is 0 Å². The minimum Gasteiger partial charge on any atom is -0.454 e. The van der Waals surface area contributed by atoms with Crippen LogP contribution in [-0.4, -0.2) is 0 Å². The molecule has 0 aliphatic carbocycles. The van der Waals surface area contributed by atoms with E-state index < -0.39 is 0 Å². The van der Waals surface area contributed by atoms with Gasteiger partial charge in [0.15, 0.2) is 11.6 Å². The van der Waals surface area contributed by atoms with Crippen molar-refractivity contribution in [2.24, 2.45) is 5.92 Å². The number of benzene rings is 2. The number of halogens is 1. The molecule has 106 valence electrons. The number of ether oxygens (including phenoxy) is 1. The zero-order valence-corrected chi connectivity index (χ0v) is 12.1. The van der Waals surface area contributed by atoms with Crippen LogP contribution in [0, 0.1) is 11.7 Å². The number of para-hydroxylation sites is 1. The van der Waals surface area contributed by atoms with Crippen LogP contribution in [0.3, 0.4) is 0 Å². The molecule has 0 fully saturated rings. The van der Waals surface area contributed by atoms with Gasteiger partial charge in [-0.1, -0.05) is 51.0 Å². The van der Waals surface area contributed by atoms with Crippen molar-refractivity contribution >= 4 is 0 Å². The Hall–Kier alpha value is -1.83. The molecule has 0 saturated heterocycles. The molecule has 1 atom stereocenters. The molecule has 0 aromatic heterocycles. The van der Waals surface area contributed by atoms with E-state index in [9.17, 15) is 4.39 Å². The van der Waals surface area contributed by atoms with Gasteiger partial charge in [-0.2, -0.15) is 0 Å². The number of rotatable bonds is 6. The predicted molar refractivity (Wildman–Crippen MR) is 80.7 cm³/mol. The molecule has 1 nitrogen and oxygen atoms in total. The van der Waals surface area contributed by atoms with Crippen LogP contribution in [0.2, 0.25) is 0 Å². The van der Waals surface area contributed by atoms with Crippen molar-refractivity contribution in [1.82, 2.24) is 0 Å². The molecule has 0 heterocycles. The fourth-order valence-electron chi connectivity index (χ4n) is 2.37. The van der Waals surface area contributed by atoms with Crippen LogP contribution in [0.15, 0.2) is 48.5 Å². The Balaban J connectivity index is 2.12. The normalized spacial score (nSPS) is 12.2. The third kappa shape index (κ3) is 4.09. The first-order valence-corrected chi connectivity index (χ1v) is 7.20. The highest BCUT2D eigenvalue weighted by atomic mass is 19.1. The van der Waals surface area contributed by atoms with Crippen molar-refractivity contribution in [2.45, 2.75) is 33.1 Å². The van der Waals surface area contributed by atoms with Crippen molar-refractivity contribution in [2.75, 3.05) is 0 Å². The van der Waals surface area contributed by atoms with Crippen LogP contribution in [0.4, 0.5) is 4.39 Å². The molecule has 0 bridgehead atoms. The van der Waals surface area contributed by atoms with Crippen molar-refractivity contribution < 1.29 is 9.13 Å². The average molecular weight is 272 g/mol. The van der Waals surface area contributed by atoms with Gasteiger partial charge in [0, 0.05) is 0 Å². The minimum absolute atomic E-state index is 0.303. The van der Waals surface area contributed by atoms with E-state index in [1.807, 2.05) is 42.5 Å². The van der Waals surface area contributed by atoms with Gasteiger partial charge in [-0.15, -0.1) is 0 Å². The lowest BCUT2D eigenvalue weighted by atomic mass is 9.97. The summed E-state index contributed by atoms with van der Waals surface area (Å²) in [7, 11) is 0. The first-order chi connectivity index (χ1) is 9.69. The number of hydrogen-bond acceptors (Lipinski definition) is 1. The minimum atomic E-state index is -0.319. The quantitative estimate of drug-likeness (QED) is 0.665. The highest BCUT2D eigenvalue weighted by Crippen LogP contribution is 2.26. The largest absolute Gasteiger partial charge is 0.454 e. The molecule has 1 unspecified atom stereocenters. The Labute approximate surface area is 120 Å². The highest BCUT2D eigenvalue weighted by Gasteiger charge is 2.08. The van der Waals surface area contributed by atoms with Crippen molar-refractivity contribution in [3.8, 4) is 11.5 Å². The predicted octanol–water partition coefficient (Wildman–Crippen LogP) is 5.60. The van der Waals surface area contributed by atoms with Crippen LogP contribution >= 0.6 is 0 Å². The Morgan fingerprint density at radius 3 is 2.55 bits per heavy atom. The lowest BCUT2D eigenvalue weighted by molar-refractivity contribution is 0.440. The molecule has 0 aliphatic heterocycles. The van der Waals surface area contributed by atoms with Gasteiger partial charge >= 0.3 is 0 Å². The zero-order chi connectivity index (χ0) is 14.4. The van der Waals surface area contributed by atoms with Crippen molar-refractivity contribution in [3.05, 3.63) is 59.9 Å². The van der Waals surface area contributed by atoms with Crippen LogP contribution in [0.5, 0.6) is 11.5 Å². The Morgan fingerprint density at radius 1 is 1.10 bits per heavy atom. The Morgan fingerprint density at radius 2 is 1.85 bits per heavy atom. The molecule has 0 radical (unpaired) electrons. The van der Waals surface area contributed by atoms with Gasteiger partial charge in [0.25, 0.3) is 0 Å². The van der Waals surface area contributed by atoms with Crippen LogP contribution in [0.25, 0.3) is 0 Å². The van der Waals surface area contributed by atoms with E-state index >= 15 is 0 Å². The van der Waals surface area contributed by atoms with Crippen LogP contribution in [-0.2, 0) is 6.42 Å². The summed E-state index contributed by atoms with van der Waals surface area (Å²) in [6, 6.07) is 14.5.